The molecule has 2 aromatic carbocycles. The molecule has 0 aromatic heterocycles. The van der Waals surface area contributed by atoms with Crippen LogP contribution < -0.4 is 10.6 Å². The van der Waals surface area contributed by atoms with Gasteiger partial charge in [0.25, 0.3) is 5.91 Å². The van der Waals surface area contributed by atoms with Crippen LogP contribution in [0.5, 0.6) is 0 Å². The summed E-state index contributed by atoms with van der Waals surface area (Å²) in [6, 6.07) is 16.7. The van der Waals surface area contributed by atoms with Crippen LogP contribution >= 0.6 is 24.0 Å². The Kier molecular flexibility index (Phi) is 12.4. The molecule has 1 heterocycles. The fourth-order valence-electron chi connectivity index (χ4n) is 4.16. The minimum Gasteiger partial charge on any atom is -0.356 e. The first kappa shape index (κ1) is 28.1. The lowest BCUT2D eigenvalue weighted by Gasteiger charge is -2.20. The molecule has 0 radical (unpaired) electrons. The van der Waals surface area contributed by atoms with Crippen molar-refractivity contribution in [2.24, 2.45) is 4.99 Å². The van der Waals surface area contributed by atoms with Crippen LogP contribution in [0.4, 0.5) is 0 Å². The summed E-state index contributed by atoms with van der Waals surface area (Å²) in [5, 5.41) is 6.76. The van der Waals surface area contributed by atoms with Crippen molar-refractivity contribution in [2.75, 3.05) is 40.8 Å². The first-order valence-corrected chi connectivity index (χ1v) is 12.1. The molecule has 0 aliphatic carbocycles. The van der Waals surface area contributed by atoms with E-state index in [0.717, 1.165) is 43.1 Å². The summed E-state index contributed by atoms with van der Waals surface area (Å²) in [4.78, 5) is 20.7. The number of hydrogen-bond donors (Lipinski definition) is 2. The summed E-state index contributed by atoms with van der Waals surface area (Å²) in [6.45, 7) is 4.98. The highest BCUT2D eigenvalue weighted by Crippen LogP contribution is 2.14. The molecule has 186 valence electrons. The molecule has 1 amide bonds. The molecule has 1 aliphatic rings. The second-order valence-corrected chi connectivity index (χ2v) is 9.01. The number of rotatable bonds is 8. The Balaban J connectivity index is 0.00000408. The summed E-state index contributed by atoms with van der Waals surface area (Å²) in [7, 11) is 5.33. The lowest BCUT2D eigenvalue weighted by Crippen LogP contribution is -2.37. The monoisotopic (exact) mass is 577 g/mol. The van der Waals surface area contributed by atoms with Gasteiger partial charge in [-0.25, -0.2) is 0 Å². The minimum absolute atomic E-state index is 0. The van der Waals surface area contributed by atoms with Gasteiger partial charge in [-0.15, -0.1) is 24.0 Å². The van der Waals surface area contributed by atoms with Crippen LogP contribution in [0.25, 0.3) is 0 Å². The summed E-state index contributed by atoms with van der Waals surface area (Å²) < 4.78 is 0. The smallest absolute Gasteiger partial charge is 0.253 e. The van der Waals surface area contributed by atoms with Gasteiger partial charge in [0, 0.05) is 46.3 Å². The molecule has 0 atom stereocenters. The zero-order valence-corrected chi connectivity index (χ0v) is 23.2. The fraction of sp³-hybridized carbons (Fsp3) is 0.481. The summed E-state index contributed by atoms with van der Waals surface area (Å²) in [5.74, 6) is 0.809. The van der Waals surface area contributed by atoms with E-state index in [-0.39, 0.29) is 29.9 Å². The van der Waals surface area contributed by atoms with Crippen LogP contribution in [0.3, 0.4) is 0 Å². The largest absolute Gasteiger partial charge is 0.356 e. The van der Waals surface area contributed by atoms with Crippen molar-refractivity contribution < 1.29 is 4.79 Å². The van der Waals surface area contributed by atoms with E-state index in [1.54, 1.807) is 26.0 Å². The molecule has 1 saturated heterocycles. The fourth-order valence-corrected chi connectivity index (χ4v) is 4.16. The molecule has 0 spiro atoms. The number of amides is 1. The van der Waals surface area contributed by atoms with E-state index in [1.165, 1.54) is 49.9 Å². The molecule has 0 bridgehead atoms. The number of carbonyl (C=O) groups excluding carboxylic acids is 1. The molecule has 6 nitrogen and oxygen atoms in total. The summed E-state index contributed by atoms with van der Waals surface area (Å²) >= 11 is 0. The summed E-state index contributed by atoms with van der Waals surface area (Å²) in [5.41, 5.74) is 4.48. The van der Waals surface area contributed by atoms with E-state index >= 15 is 0 Å². The highest BCUT2D eigenvalue weighted by Gasteiger charge is 2.10. The Hall–Kier alpha value is -2.13. The maximum Gasteiger partial charge on any atom is 0.253 e. The quantitative estimate of drug-likeness (QED) is 0.279. The highest BCUT2D eigenvalue weighted by molar-refractivity contribution is 14.0. The van der Waals surface area contributed by atoms with Crippen molar-refractivity contribution in [2.45, 2.75) is 45.2 Å². The van der Waals surface area contributed by atoms with Gasteiger partial charge in [0.05, 0.1) is 0 Å². The number of guanidine groups is 1. The molecule has 1 fully saturated rings. The van der Waals surface area contributed by atoms with Crippen LogP contribution in [-0.4, -0.2) is 62.4 Å². The number of benzene rings is 2. The van der Waals surface area contributed by atoms with Crippen molar-refractivity contribution in [3.05, 3.63) is 70.8 Å². The van der Waals surface area contributed by atoms with Crippen molar-refractivity contribution in [1.29, 1.82) is 0 Å². The Morgan fingerprint density at radius 2 is 1.62 bits per heavy atom. The number of halogens is 1. The van der Waals surface area contributed by atoms with Crippen molar-refractivity contribution in [3.63, 3.8) is 0 Å². The number of likely N-dealkylation sites (tertiary alicyclic amines) is 1. The van der Waals surface area contributed by atoms with Gasteiger partial charge in [-0.2, -0.15) is 0 Å². The lowest BCUT2D eigenvalue weighted by molar-refractivity contribution is 0.0827. The molecule has 2 N–H and O–H groups in total. The average Bonchev–Trinajstić information content (AvgIpc) is 3.10. The molecule has 34 heavy (non-hydrogen) atoms. The van der Waals surface area contributed by atoms with Crippen LogP contribution in [0.15, 0.2) is 53.5 Å². The van der Waals surface area contributed by atoms with Gasteiger partial charge < -0.3 is 15.5 Å². The topological polar surface area (TPSA) is 60.0 Å². The van der Waals surface area contributed by atoms with Gasteiger partial charge in [-0.05, 0) is 61.2 Å². The first-order chi connectivity index (χ1) is 16.0. The molecule has 0 unspecified atom stereocenters. The minimum atomic E-state index is 0. The Bertz CT molecular complexity index is 905. The zero-order chi connectivity index (χ0) is 23.5. The van der Waals surface area contributed by atoms with Gasteiger partial charge in [0.2, 0.25) is 0 Å². The van der Waals surface area contributed by atoms with Gasteiger partial charge in [0.15, 0.2) is 5.96 Å². The number of nitrogens with one attached hydrogen (secondary N) is 2. The highest BCUT2D eigenvalue weighted by atomic mass is 127. The second kappa shape index (κ2) is 15.0. The Morgan fingerprint density at radius 3 is 2.26 bits per heavy atom. The Labute approximate surface area is 222 Å². The van der Waals surface area contributed by atoms with Gasteiger partial charge in [0.1, 0.15) is 0 Å². The van der Waals surface area contributed by atoms with Gasteiger partial charge >= 0.3 is 0 Å². The van der Waals surface area contributed by atoms with Crippen molar-refractivity contribution in [1.82, 2.24) is 20.4 Å². The summed E-state index contributed by atoms with van der Waals surface area (Å²) in [6.07, 6.45) is 6.22. The Morgan fingerprint density at radius 1 is 0.941 bits per heavy atom. The van der Waals surface area contributed by atoms with E-state index in [9.17, 15) is 4.79 Å². The normalized spacial score (nSPS) is 14.6. The van der Waals surface area contributed by atoms with Crippen LogP contribution in [0.1, 0.15) is 52.7 Å². The number of hydrogen-bond acceptors (Lipinski definition) is 3. The molecular weight excluding hydrogens is 537 g/mol. The molecule has 0 saturated carbocycles. The van der Waals surface area contributed by atoms with E-state index in [0.29, 0.717) is 0 Å². The molecular formula is C27H40IN5O. The van der Waals surface area contributed by atoms with Crippen LogP contribution in [0.2, 0.25) is 0 Å². The van der Waals surface area contributed by atoms with Crippen molar-refractivity contribution in [3.8, 4) is 0 Å². The van der Waals surface area contributed by atoms with E-state index in [4.69, 9.17) is 0 Å². The van der Waals surface area contributed by atoms with E-state index in [2.05, 4.69) is 50.9 Å². The van der Waals surface area contributed by atoms with Gasteiger partial charge in [-0.3, -0.25) is 14.7 Å². The van der Waals surface area contributed by atoms with E-state index in [1.807, 2.05) is 18.2 Å². The third kappa shape index (κ3) is 9.25. The lowest BCUT2D eigenvalue weighted by atomic mass is 10.1. The predicted molar refractivity (Wildman–Crippen MR) is 152 cm³/mol. The van der Waals surface area contributed by atoms with Crippen molar-refractivity contribution >= 4 is 35.8 Å². The SMILES string of the molecule is CN=C(NCCc1cccc(C(=O)N(C)C)c1)NCc1ccc(CN2CCCCCC2)cc1.I. The number of nitrogens with zero attached hydrogens (tertiary/aromatic N) is 3. The molecule has 3 rings (SSSR count). The zero-order valence-electron chi connectivity index (χ0n) is 20.8. The van der Waals surface area contributed by atoms with Gasteiger partial charge in [-0.1, -0.05) is 49.2 Å². The first-order valence-electron chi connectivity index (χ1n) is 12.1. The molecule has 1 aliphatic heterocycles. The molecule has 2 aromatic rings. The number of aliphatic imine (C=N–C) groups is 1. The maximum absolute atomic E-state index is 12.2. The standard InChI is InChI=1S/C27H39N5O.HI/c1-28-27(29-16-15-22-9-8-10-25(19-22)26(33)31(2)3)30-20-23-11-13-24(14-12-23)21-32-17-6-4-5-7-18-32;/h8-14,19H,4-7,15-18,20-21H2,1-3H3,(H2,28,29,30);1H. The predicted octanol–water partition coefficient (Wildman–Crippen LogP) is 4.29. The van der Waals surface area contributed by atoms with Crippen LogP contribution in [-0.2, 0) is 19.5 Å². The molecule has 7 heteroatoms. The number of carbonyl (C=O) groups is 1. The average molecular weight is 578 g/mol. The van der Waals surface area contributed by atoms with E-state index < -0.39 is 0 Å². The third-order valence-electron chi connectivity index (χ3n) is 6.10. The second-order valence-electron chi connectivity index (χ2n) is 9.01. The maximum atomic E-state index is 12.2. The third-order valence-corrected chi connectivity index (χ3v) is 6.10. The van der Waals surface area contributed by atoms with Crippen LogP contribution in [0, 0.1) is 0 Å².